The summed E-state index contributed by atoms with van der Waals surface area (Å²) >= 11 is 0. The van der Waals surface area contributed by atoms with Crippen LogP contribution in [-0.4, -0.2) is 37.2 Å². The summed E-state index contributed by atoms with van der Waals surface area (Å²) in [6.07, 6.45) is -0.370. The summed E-state index contributed by atoms with van der Waals surface area (Å²) in [6.45, 7) is 2.39. The number of benzene rings is 2. The van der Waals surface area contributed by atoms with Crippen molar-refractivity contribution < 1.29 is 19.4 Å². The van der Waals surface area contributed by atoms with Crippen LogP contribution in [0.2, 0.25) is 0 Å². The number of carbonyl (C=O) groups excluding carboxylic acids is 1. The predicted octanol–water partition coefficient (Wildman–Crippen LogP) is 3.50. The molecule has 0 saturated heterocycles. The first-order valence-corrected chi connectivity index (χ1v) is 8.99. The van der Waals surface area contributed by atoms with E-state index in [9.17, 15) is 9.59 Å². The van der Waals surface area contributed by atoms with Gasteiger partial charge in [-0.05, 0) is 47.0 Å². The van der Waals surface area contributed by atoms with Gasteiger partial charge in [0, 0.05) is 12.7 Å². The maximum Gasteiger partial charge on any atom is 0.306 e. The van der Waals surface area contributed by atoms with Gasteiger partial charge in [-0.1, -0.05) is 18.2 Å². The maximum atomic E-state index is 11.5. The third kappa shape index (κ3) is 5.82. The van der Waals surface area contributed by atoms with Crippen LogP contribution in [0.4, 0.5) is 5.69 Å². The van der Waals surface area contributed by atoms with Crippen LogP contribution in [0.5, 0.6) is 0 Å². The van der Waals surface area contributed by atoms with Crippen molar-refractivity contribution in [2.24, 2.45) is 0 Å². The lowest BCUT2D eigenvalue weighted by Gasteiger charge is -2.20. The number of rotatable bonds is 8. The van der Waals surface area contributed by atoms with Crippen molar-refractivity contribution in [2.75, 3.05) is 25.1 Å². The number of anilines is 1. The topological polar surface area (TPSA) is 114 Å². The largest absolute Gasteiger partial charge is 0.481 e. The summed E-state index contributed by atoms with van der Waals surface area (Å²) in [5.41, 5.74) is 2.50. The highest BCUT2D eigenvalue weighted by atomic mass is 16.5. The zero-order valence-corrected chi connectivity index (χ0v) is 16.3. The molecule has 1 N–H and O–H groups in total. The van der Waals surface area contributed by atoms with E-state index < -0.39 is 11.9 Å². The van der Waals surface area contributed by atoms with Crippen LogP contribution in [0.3, 0.4) is 0 Å². The van der Waals surface area contributed by atoms with Crippen LogP contribution >= 0.6 is 0 Å². The molecule has 0 bridgehead atoms. The van der Waals surface area contributed by atoms with Crippen molar-refractivity contribution in [3.8, 4) is 12.1 Å². The molecular formula is C22H21N3O4. The van der Waals surface area contributed by atoms with Crippen molar-refractivity contribution in [2.45, 2.75) is 19.8 Å². The fraction of sp³-hybridized carbons (Fsp3) is 0.273. The van der Waals surface area contributed by atoms with Gasteiger partial charge in [0.1, 0.15) is 24.3 Å². The highest BCUT2D eigenvalue weighted by molar-refractivity contribution is 5.89. The number of fused-ring (bicyclic) bond motifs is 1. The third-order valence-electron chi connectivity index (χ3n) is 4.53. The van der Waals surface area contributed by atoms with Gasteiger partial charge in [0.15, 0.2) is 0 Å². The van der Waals surface area contributed by atoms with Crippen molar-refractivity contribution in [1.29, 1.82) is 10.5 Å². The van der Waals surface area contributed by atoms with E-state index >= 15 is 0 Å². The number of carboxylic acid groups (broad SMARTS) is 1. The minimum Gasteiger partial charge on any atom is -0.481 e. The quantitative estimate of drug-likeness (QED) is 0.541. The number of nitriles is 2. The molecule has 2 aromatic carbocycles. The highest BCUT2D eigenvalue weighted by Crippen LogP contribution is 2.26. The van der Waals surface area contributed by atoms with Gasteiger partial charge < -0.3 is 14.7 Å². The number of carbonyl (C=O) groups is 2. The summed E-state index contributed by atoms with van der Waals surface area (Å²) in [6, 6.07) is 15.5. The molecule has 0 unspecified atom stereocenters. The summed E-state index contributed by atoms with van der Waals surface area (Å²) in [7, 11) is 1.87. The zero-order chi connectivity index (χ0) is 21.4. The predicted molar refractivity (Wildman–Crippen MR) is 109 cm³/mol. The normalized spacial score (nSPS) is 9.93. The number of esters is 1. The summed E-state index contributed by atoms with van der Waals surface area (Å²) in [4.78, 5) is 23.9. The van der Waals surface area contributed by atoms with Gasteiger partial charge in [0.05, 0.1) is 19.4 Å². The molecule has 0 amide bonds. The minimum atomic E-state index is -1.03. The Bertz CT molecular complexity index is 1030. The number of ether oxygens (including phenoxy) is 1. The number of allylic oxidation sites excluding steroid dienone is 2. The first-order valence-electron chi connectivity index (χ1n) is 8.99. The summed E-state index contributed by atoms with van der Waals surface area (Å²) in [5.74, 6) is -1.55. The lowest BCUT2D eigenvalue weighted by molar-refractivity contribution is -0.147. The second-order valence-electron chi connectivity index (χ2n) is 6.51. The fourth-order valence-electron chi connectivity index (χ4n) is 2.75. The monoisotopic (exact) mass is 391 g/mol. The Kier molecular flexibility index (Phi) is 7.33. The molecule has 0 fully saturated rings. The molecule has 0 atom stereocenters. The molecule has 2 rings (SSSR count). The fourth-order valence-corrected chi connectivity index (χ4v) is 2.75. The van der Waals surface area contributed by atoms with Gasteiger partial charge >= 0.3 is 11.9 Å². The van der Waals surface area contributed by atoms with Crippen molar-refractivity contribution in [1.82, 2.24) is 0 Å². The Morgan fingerprint density at radius 2 is 1.72 bits per heavy atom. The Morgan fingerprint density at radius 1 is 1.07 bits per heavy atom. The molecule has 0 heterocycles. The van der Waals surface area contributed by atoms with Crippen molar-refractivity contribution in [3.63, 3.8) is 0 Å². The van der Waals surface area contributed by atoms with Gasteiger partial charge in [0.2, 0.25) is 0 Å². The minimum absolute atomic E-state index is 0.0959. The van der Waals surface area contributed by atoms with E-state index in [2.05, 4.69) is 0 Å². The number of nitrogens with zero attached hydrogens (tertiary/aromatic N) is 3. The maximum absolute atomic E-state index is 11.5. The Balaban J connectivity index is 2.06. The highest BCUT2D eigenvalue weighted by Gasteiger charge is 2.09. The Labute approximate surface area is 169 Å². The second-order valence-corrected chi connectivity index (χ2v) is 6.51. The molecule has 7 nitrogen and oxygen atoms in total. The summed E-state index contributed by atoms with van der Waals surface area (Å²) < 4.78 is 5.06. The first kappa shape index (κ1) is 21.5. The van der Waals surface area contributed by atoms with Crippen molar-refractivity contribution in [3.05, 3.63) is 47.5 Å². The molecule has 0 aliphatic carbocycles. The van der Waals surface area contributed by atoms with Crippen LogP contribution in [0.15, 0.2) is 42.0 Å². The Hall–Kier alpha value is -3.84. The number of carboxylic acids is 1. The van der Waals surface area contributed by atoms with Crippen LogP contribution < -0.4 is 4.90 Å². The van der Waals surface area contributed by atoms with E-state index in [0.717, 1.165) is 22.0 Å². The molecule has 0 aliphatic heterocycles. The molecule has 29 heavy (non-hydrogen) atoms. The smallest absolute Gasteiger partial charge is 0.306 e. The molecule has 148 valence electrons. The number of hydrogen-bond donors (Lipinski definition) is 1. The number of likely N-dealkylation sites (N-methyl/N-ethyl adjacent to an activating group) is 1. The standard InChI is InChI=1S/C22H21N3O4/c1-15(19(13-23)14-24)16-3-4-18-12-20(6-5-17(18)11-16)25(2)9-10-29-22(28)8-7-21(26)27/h3-6,11-12H,7-10H2,1-2H3,(H,26,27). The molecule has 0 aliphatic rings. The molecule has 7 heteroatoms. The third-order valence-corrected chi connectivity index (χ3v) is 4.53. The van der Waals surface area contributed by atoms with Gasteiger partial charge in [-0.2, -0.15) is 10.5 Å². The molecule has 0 saturated carbocycles. The van der Waals surface area contributed by atoms with Crippen molar-refractivity contribution >= 4 is 34.0 Å². The second kappa shape index (κ2) is 9.91. The molecule has 0 radical (unpaired) electrons. The van der Waals surface area contributed by atoms with E-state index in [0.29, 0.717) is 12.1 Å². The van der Waals surface area contributed by atoms with E-state index in [1.165, 1.54) is 0 Å². The van der Waals surface area contributed by atoms with E-state index in [1.807, 2.05) is 60.5 Å². The van der Waals surface area contributed by atoms with Gasteiger partial charge in [0.25, 0.3) is 0 Å². The van der Waals surface area contributed by atoms with Crippen LogP contribution in [0, 0.1) is 22.7 Å². The zero-order valence-electron chi connectivity index (χ0n) is 16.3. The summed E-state index contributed by atoms with van der Waals surface area (Å²) in [5, 5.41) is 28.6. The molecule has 2 aromatic rings. The lowest BCUT2D eigenvalue weighted by atomic mass is 9.99. The molecule has 0 spiro atoms. The van der Waals surface area contributed by atoms with Crippen LogP contribution in [-0.2, 0) is 14.3 Å². The number of aliphatic carboxylic acids is 1. The van der Waals surface area contributed by atoms with Gasteiger partial charge in [-0.25, -0.2) is 0 Å². The molecular weight excluding hydrogens is 370 g/mol. The van der Waals surface area contributed by atoms with E-state index in [1.54, 1.807) is 6.92 Å². The SMILES string of the molecule is CC(=C(C#N)C#N)c1ccc2cc(N(C)CCOC(=O)CCC(=O)O)ccc2c1. The lowest BCUT2D eigenvalue weighted by Crippen LogP contribution is -2.24. The average Bonchev–Trinajstić information content (AvgIpc) is 2.72. The van der Waals surface area contributed by atoms with E-state index in [-0.39, 0.29) is 25.0 Å². The molecule has 0 aromatic heterocycles. The van der Waals surface area contributed by atoms with Crippen LogP contribution in [0.1, 0.15) is 25.3 Å². The average molecular weight is 391 g/mol. The van der Waals surface area contributed by atoms with Gasteiger partial charge in [-0.15, -0.1) is 0 Å². The Morgan fingerprint density at radius 3 is 2.38 bits per heavy atom. The van der Waals surface area contributed by atoms with E-state index in [4.69, 9.17) is 20.4 Å². The van der Waals surface area contributed by atoms with Gasteiger partial charge in [-0.3, -0.25) is 9.59 Å². The van der Waals surface area contributed by atoms with Crippen LogP contribution in [0.25, 0.3) is 16.3 Å². The first-order chi connectivity index (χ1) is 13.8. The number of hydrogen-bond acceptors (Lipinski definition) is 6.